The first kappa shape index (κ1) is 17.0. The Hall–Kier alpha value is -2.78. The number of carbonyl (C=O) groups excluding carboxylic acids is 1. The van der Waals surface area contributed by atoms with E-state index < -0.39 is 19.0 Å². The van der Waals surface area contributed by atoms with Crippen molar-refractivity contribution >= 4 is 29.0 Å². The summed E-state index contributed by atoms with van der Waals surface area (Å²) in [5.74, 6) is 0.732. The van der Waals surface area contributed by atoms with Crippen molar-refractivity contribution in [2.24, 2.45) is 0 Å². The number of nitrogens with one attached hydrogen (secondary N) is 1. The molecule has 0 radical (unpaired) electrons. The molecule has 2 N–H and O–H groups in total. The van der Waals surface area contributed by atoms with E-state index in [1.165, 1.54) is 4.90 Å². The molecule has 0 bridgehead atoms. The second-order valence-corrected chi connectivity index (χ2v) is 8.27. The molecule has 2 aromatic rings. The van der Waals surface area contributed by atoms with Crippen molar-refractivity contribution in [3.05, 3.63) is 29.7 Å². The number of carbonyl (C=O) groups is 1. The third-order valence-electron chi connectivity index (χ3n) is 5.50. The number of hydrogen-bond acceptors (Lipinski definition) is 8. The summed E-state index contributed by atoms with van der Waals surface area (Å²) in [7, 11) is 0. The molecule has 30 heavy (non-hydrogen) atoms. The summed E-state index contributed by atoms with van der Waals surface area (Å²) in [6.45, 7) is 5.81. The van der Waals surface area contributed by atoms with Crippen LogP contribution in [0.2, 0.25) is 0 Å². The van der Waals surface area contributed by atoms with Crippen LogP contribution in [-0.2, 0) is 21.6 Å². The maximum absolute atomic E-state index is 13.4. The van der Waals surface area contributed by atoms with E-state index in [0.29, 0.717) is 24.3 Å². The third-order valence-corrected chi connectivity index (χ3v) is 5.50. The SMILES string of the molecule is [2H]C([2H])([2H])Nc1nc(CO)nc2c1C(C)(C)C(=O)N2c1ccc(N2C[C@@H](C)O[C@@H](C)C2)nc1. The van der Waals surface area contributed by atoms with Crippen LogP contribution in [0.15, 0.2) is 18.3 Å². The second-order valence-electron chi connectivity index (χ2n) is 8.27. The summed E-state index contributed by atoms with van der Waals surface area (Å²) in [5.41, 5.74) is -0.238. The van der Waals surface area contributed by atoms with Crippen molar-refractivity contribution in [3.8, 4) is 0 Å². The number of aromatic nitrogens is 3. The van der Waals surface area contributed by atoms with Crippen LogP contribution in [0, 0.1) is 0 Å². The predicted octanol–water partition coefficient (Wildman–Crippen LogP) is 1.98. The normalized spacial score (nSPS) is 24.8. The van der Waals surface area contributed by atoms with Gasteiger partial charge in [0.2, 0.25) is 5.91 Å². The fourth-order valence-electron chi connectivity index (χ4n) is 4.18. The second kappa shape index (κ2) is 7.48. The topological polar surface area (TPSA) is 104 Å². The highest BCUT2D eigenvalue weighted by molar-refractivity contribution is 6.12. The van der Waals surface area contributed by atoms with Crippen molar-refractivity contribution < 1.29 is 18.8 Å². The van der Waals surface area contributed by atoms with Crippen LogP contribution in [0.25, 0.3) is 0 Å². The van der Waals surface area contributed by atoms with Gasteiger partial charge in [-0.05, 0) is 39.8 Å². The van der Waals surface area contributed by atoms with Gasteiger partial charge in [0.05, 0.1) is 35.1 Å². The maximum atomic E-state index is 13.4. The first-order chi connectivity index (χ1) is 15.4. The first-order valence-corrected chi connectivity index (χ1v) is 9.92. The van der Waals surface area contributed by atoms with Gasteiger partial charge in [-0.2, -0.15) is 0 Å². The Kier molecular flexibility index (Phi) is 4.23. The molecule has 160 valence electrons. The number of aliphatic hydroxyl groups is 1. The van der Waals surface area contributed by atoms with Crippen LogP contribution in [0.4, 0.5) is 23.1 Å². The number of rotatable bonds is 4. The van der Waals surface area contributed by atoms with E-state index in [1.807, 2.05) is 19.9 Å². The van der Waals surface area contributed by atoms with Crippen molar-refractivity contribution in [3.63, 3.8) is 0 Å². The number of hydrogen-bond donors (Lipinski definition) is 2. The fraction of sp³-hybridized carbons (Fsp3) is 0.524. The van der Waals surface area contributed by atoms with E-state index in [2.05, 4.69) is 25.2 Å². The van der Waals surface area contributed by atoms with E-state index in [1.54, 1.807) is 26.1 Å². The summed E-state index contributed by atoms with van der Waals surface area (Å²) in [6, 6.07) is 3.63. The van der Waals surface area contributed by atoms with Gasteiger partial charge in [-0.3, -0.25) is 9.69 Å². The number of amides is 1. The lowest BCUT2D eigenvalue weighted by molar-refractivity contribution is -0.121. The van der Waals surface area contributed by atoms with Gasteiger partial charge in [0.15, 0.2) is 5.82 Å². The molecule has 4 heterocycles. The molecule has 0 unspecified atom stereocenters. The Bertz CT molecular complexity index is 1050. The fourth-order valence-corrected chi connectivity index (χ4v) is 4.18. The average Bonchev–Trinajstić information content (AvgIpc) is 2.92. The smallest absolute Gasteiger partial charge is 0.243 e. The predicted molar refractivity (Wildman–Crippen MR) is 114 cm³/mol. The Morgan fingerprint density at radius 3 is 2.63 bits per heavy atom. The summed E-state index contributed by atoms with van der Waals surface area (Å²) in [4.78, 5) is 30.1. The van der Waals surface area contributed by atoms with E-state index in [4.69, 9.17) is 8.85 Å². The van der Waals surface area contributed by atoms with E-state index in [-0.39, 0.29) is 35.6 Å². The van der Waals surface area contributed by atoms with Crippen molar-refractivity contribution in [2.45, 2.75) is 51.9 Å². The van der Waals surface area contributed by atoms with Gasteiger partial charge in [0.25, 0.3) is 0 Å². The molecule has 0 aliphatic carbocycles. The minimum Gasteiger partial charge on any atom is -0.388 e. The lowest BCUT2D eigenvalue weighted by Crippen LogP contribution is -2.45. The molecule has 1 amide bonds. The van der Waals surface area contributed by atoms with Crippen molar-refractivity contribution in [1.82, 2.24) is 15.0 Å². The zero-order chi connectivity index (χ0) is 24.1. The van der Waals surface area contributed by atoms with Gasteiger partial charge in [-0.15, -0.1) is 0 Å². The maximum Gasteiger partial charge on any atom is 0.243 e. The third kappa shape index (κ3) is 3.27. The average molecular weight is 416 g/mol. The van der Waals surface area contributed by atoms with Crippen LogP contribution in [0.5, 0.6) is 0 Å². The van der Waals surface area contributed by atoms with Crippen molar-refractivity contribution in [2.75, 3.05) is 35.2 Å². The molecule has 2 aliphatic heterocycles. The summed E-state index contributed by atoms with van der Waals surface area (Å²) in [5, 5.41) is 12.0. The highest BCUT2D eigenvalue weighted by Gasteiger charge is 2.48. The van der Waals surface area contributed by atoms with Crippen LogP contribution < -0.4 is 15.1 Å². The van der Waals surface area contributed by atoms with Gasteiger partial charge in [-0.25, -0.2) is 15.0 Å². The minimum atomic E-state index is -2.53. The number of morpholine rings is 1. The Labute approximate surface area is 180 Å². The van der Waals surface area contributed by atoms with Gasteiger partial charge in [-0.1, -0.05) is 0 Å². The monoisotopic (exact) mass is 415 g/mol. The summed E-state index contributed by atoms with van der Waals surface area (Å²) < 4.78 is 28.5. The largest absolute Gasteiger partial charge is 0.388 e. The van der Waals surface area contributed by atoms with Crippen molar-refractivity contribution in [1.29, 1.82) is 0 Å². The standard InChI is InChI=1S/C21H28N6O3/c1-12-9-26(10-13(2)30-12)16-7-6-14(8-23-16)27-19-17(21(3,4)20(27)29)18(22-5)24-15(11-28)25-19/h6-8,12-13,28H,9-11H2,1-5H3,(H,22,24,25)/t12-,13+/i5D3. The zero-order valence-corrected chi connectivity index (χ0v) is 17.5. The lowest BCUT2D eigenvalue weighted by Gasteiger charge is -2.36. The molecule has 2 aliphatic rings. The highest BCUT2D eigenvalue weighted by Crippen LogP contribution is 2.47. The number of fused-ring (bicyclic) bond motifs is 1. The Balaban J connectivity index is 1.74. The molecule has 9 nitrogen and oxygen atoms in total. The lowest BCUT2D eigenvalue weighted by atomic mass is 9.87. The molecular formula is C21H28N6O3. The highest BCUT2D eigenvalue weighted by atomic mass is 16.5. The van der Waals surface area contributed by atoms with Gasteiger partial charge in [0.1, 0.15) is 24.1 Å². The summed E-state index contributed by atoms with van der Waals surface area (Å²) in [6.07, 6.45) is 1.77. The number of aliphatic hydroxyl groups excluding tert-OH is 1. The molecule has 4 rings (SSSR count). The van der Waals surface area contributed by atoms with E-state index in [9.17, 15) is 9.90 Å². The van der Waals surface area contributed by atoms with Crippen LogP contribution in [0.3, 0.4) is 0 Å². The molecular weight excluding hydrogens is 384 g/mol. The molecule has 0 aromatic carbocycles. The first-order valence-electron chi connectivity index (χ1n) is 11.4. The molecule has 1 fully saturated rings. The minimum absolute atomic E-state index is 0.00534. The van der Waals surface area contributed by atoms with Crippen LogP contribution in [-0.4, -0.2) is 58.2 Å². The van der Waals surface area contributed by atoms with Gasteiger partial charge in [0, 0.05) is 24.2 Å². The quantitative estimate of drug-likeness (QED) is 0.781. The molecule has 2 aromatic heterocycles. The molecule has 1 saturated heterocycles. The van der Waals surface area contributed by atoms with Gasteiger partial charge < -0.3 is 20.1 Å². The zero-order valence-electron chi connectivity index (χ0n) is 20.5. The number of ether oxygens (including phenoxy) is 1. The Morgan fingerprint density at radius 2 is 2.03 bits per heavy atom. The summed E-state index contributed by atoms with van der Waals surface area (Å²) >= 11 is 0. The number of pyridine rings is 1. The molecule has 0 spiro atoms. The van der Waals surface area contributed by atoms with Crippen LogP contribution in [0.1, 0.15) is 43.2 Å². The Morgan fingerprint density at radius 1 is 1.30 bits per heavy atom. The molecule has 9 heteroatoms. The van der Waals surface area contributed by atoms with E-state index >= 15 is 0 Å². The van der Waals surface area contributed by atoms with Crippen LogP contribution >= 0.6 is 0 Å². The number of nitrogens with zero attached hydrogens (tertiary/aromatic N) is 5. The molecule has 0 saturated carbocycles. The van der Waals surface area contributed by atoms with Gasteiger partial charge >= 0.3 is 0 Å². The molecule has 2 atom stereocenters. The van der Waals surface area contributed by atoms with E-state index in [0.717, 1.165) is 5.82 Å². The number of anilines is 4.